The molecule has 0 aliphatic heterocycles. The van der Waals surface area contributed by atoms with Crippen LogP contribution in [0.5, 0.6) is 0 Å². The molecule has 0 radical (unpaired) electrons. The quantitative estimate of drug-likeness (QED) is 0.868. The molecule has 2 rings (SSSR count). The molecule has 3 nitrogen and oxygen atoms in total. The van der Waals surface area contributed by atoms with Crippen LogP contribution in [-0.2, 0) is 6.42 Å². The number of rotatable bonds is 2. The first-order valence-corrected chi connectivity index (χ1v) is 5.34. The van der Waals surface area contributed by atoms with Crippen molar-refractivity contribution in [1.82, 2.24) is 9.97 Å². The van der Waals surface area contributed by atoms with Crippen LogP contribution in [-0.4, -0.2) is 9.97 Å². The lowest BCUT2D eigenvalue weighted by Crippen LogP contribution is -2.01. The summed E-state index contributed by atoms with van der Waals surface area (Å²) in [5.74, 6) is 0.563. The maximum Gasteiger partial charge on any atom is 0.127 e. The Hall–Kier alpha value is -1.61. The predicted molar refractivity (Wildman–Crippen MR) is 65.4 cm³/mol. The maximum atomic E-state index is 6.06. The van der Waals surface area contributed by atoms with Gasteiger partial charge in [0.2, 0.25) is 0 Å². The fraction of sp³-hybridized carbons (Fsp3) is 0.167. The van der Waals surface area contributed by atoms with Crippen molar-refractivity contribution in [2.75, 3.05) is 5.73 Å². The van der Waals surface area contributed by atoms with E-state index in [4.69, 9.17) is 17.3 Å². The second-order valence-electron chi connectivity index (χ2n) is 3.64. The van der Waals surface area contributed by atoms with Gasteiger partial charge in [0.05, 0.1) is 5.02 Å². The smallest absolute Gasteiger partial charge is 0.127 e. The van der Waals surface area contributed by atoms with E-state index in [2.05, 4.69) is 9.97 Å². The van der Waals surface area contributed by atoms with Gasteiger partial charge in [0.25, 0.3) is 0 Å². The molecule has 16 heavy (non-hydrogen) atoms. The van der Waals surface area contributed by atoms with Crippen molar-refractivity contribution in [3.05, 3.63) is 52.4 Å². The summed E-state index contributed by atoms with van der Waals surface area (Å²) in [6.07, 6.45) is 5.76. The maximum absolute atomic E-state index is 6.06. The lowest BCUT2D eigenvalue weighted by molar-refractivity contribution is 1.11. The van der Waals surface area contributed by atoms with E-state index in [-0.39, 0.29) is 0 Å². The number of pyridine rings is 2. The molecule has 2 N–H and O–H groups in total. The Morgan fingerprint density at radius 2 is 2.12 bits per heavy atom. The second kappa shape index (κ2) is 4.49. The number of anilines is 1. The minimum Gasteiger partial charge on any atom is -0.383 e. The number of nitrogen functional groups attached to an aromatic ring is 1. The first-order valence-electron chi connectivity index (χ1n) is 4.97. The van der Waals surface area contributed by atoms with Gasteiger partial charge in [-0.1, -0.05) is 11.6 Å². The van der Waals surface area contributed by atoms with Crippen LogP contribution in [0.25, 0.3) is 0 Å². The van der Waals surface area contributed by atoms with Crippen molar-refractivity contribution in [2.24, 2.45) is 0 Å². The molecule has 0 aromatic carbocycles. The summed E-state index contributed by atoms with van der Waals surface area (Å²) in [6.45, 7) is 2.02. The van der Waals surface area contributed by atoms with E-state index in [1.807, 2.05) is 19.1 Å². The van der Waals surface area contributed by atoms with E-state index >= 15 is 0 Å². The topological polar surface area (TPSA) is 51.8 Å². The Bertz CT molecular complexity index is 491. The van der Waals surface area contributed by atoms with Gasteiger partial charge in [-0.3, -0.25) is 4.98 Å². The van der Waals surface area contributed by atoms with Crippen LogP contribution < -0.4 is 5.73 Å². The molecule has 0 aliphatic carbocycles. The third-order valence-corrected chi connectivity index (χ3v) is 2.89. The average Bonchev–Trinajstić information content (AvgIpc) is 2.26. The summed E-state index contributed by atoms with van der Waals surface area (Å²) in [5.41, 5.74) is 9.01. The molecule has 0 saturated heterocycles. The van der Waals surface area contributed by atoms with Gasteiger partial charge in [0.15, 0.2) is 0 Å². The first kappa shape index (κ1) is 10.9. The van der Waals surface area contributed by atoms with Crippen LogP contribution in [0.15, 0.2) is 30.7 Å². The number of nitrogens with zero attached hydrogens (tertiary/aromatic N) is 2. The van der Waals surface area contributed by atoms with Crippen LogP contribution in [0.2, 0.25) is 5.02 Å². The number of aromatic nitrogens is 2. The fourth-order valence-electron chi connectivity index (χ4n) is 1.58. The predicted octanol–water partition coefficient (Wildman–Crippen LogP) is 2.61. The van der Waals surface area contributed by atoms with Gasteiger partial charge < -0.3 is 5.73 Å². The molecule has 0 fully saturated rings. The number of hydrogen-bond donors (Lipinski definition) is 1. The summed E-state index contributed by atoms with van der Waals surface area (Å²) in [7, 11) is 0. The molecule has 0 saturated carbocycles. The molecule has 0 spiro atoms. The van der Waals surface area contributed by atoms with Crippen molar-refractivity contribution >= 4 is 17.4 Å². The van der Waals surface area contributed by atoms with Crippen molar-refractivity contribution < 1.29 is 0 Å². The highest BCUT2D eigenvalue weighted by Crippen LogP contribution is 2.22. The lowest BCUT2D eigenvalue weighted by atomic mass is 10.0. The summed E-state index contributed by atoms with van der Waals surface area (Å²) >= 11 is 6.06. The van der Waals surface area contributed by atoms with Crippen LogP contribution in [0.3, 0.4) is 0 Å². The highest BCUT2D eigenvalue weighted by molar-refractivity contribution is 6.31. The van der Waals surface area contributed by atoms with Gasteiger partial charge in [-0.2, -0.15) is 0 Å². The molecule has 0 unspecified atom stereocenters. The first-order chi connectivity index (χ1) is 7.68. The number of halogens is 1. The third kappa shape index (κ3) is 2.14. The minimum absolute atomic E-state index is 0.563. The Kier molecular flexibility index (Phi) is 3.06. The van der Waals surface area contributed by atoms with Crippen LogP contribution >= 0.6 is 11.6 Å². The molecule has 0 aliphatic rings. The zero-order chi connectivity index (χ0) is 11.5. The molecule has 2 aromatic rings. The van der Waals surface area contributed by atoms with E-state index in [0.717, 1.165) is 16.7 Å². The van der Waals surface area contributed by atoms with Gasteiger partial charge in [-0.15, -0.1) is 0 Å². The van der Waals surface area contributed by atoms with E-state index in [0.29, 0.717) is 17.3 Å². The van der Waals surface area contributed by atoms with Crippen molar-refractivity contribution in [3.63, 3.8) is 0 Å². The minimum atomic E-state index is 0.563. The molecular formula is C12H12ClN3. The molecule has 4 heteroatoms. The van der Waals surface area contributed by atoms with Crippen LogP contribution in [0, 0.1) is 6.92 Å². The summed E-state index contributed by atoms with van der Waals surface area (Å²) < 4.78 is 0. The van der Waals surface area contributed by atoms with Gasteiger partial charge in [-0.05, 0) is 30.2 Å². The average molecular weight is 234 g/mol. The molecule has 0 amide bonds. The monoisotopic (exact) mass is 233 g/mol. The largest absolute Gasteiger partial charge is 0.383 e. The molecule has 0 bridgehead atoms. The Balaban J connectivity index is 2.38. The van der Waals surface area contributed by atoms with Gasteiger partial charge in [0.1, 0.15) is 5.82 Å². The van der Waals surface area contributed by atoms with E-state index in [1.165, 1.54) is 0 Å². The highest BCUT2D eigenvalue weighted by Gasteiger charge is 2.07. The number of nitrogens with two attached hydrogens (primary N) is 1. The van der Waals surface area contributed by atoms with Crippen LogP contribution in [0.4, 0.5) is 5.82 Å². The van der Waals surface area contributed by atoms with Crippen molar-refractivity contribution in [2.45, 2.75) is 13.3 Å². The molecule has 82 valence electrons. The van der Waals surface area contributed by atoms with E-state index in [9.17, 15) is 0 Å². The summed E-state index contributed by atoms with van der Waals surface area (Å²) in [4.78, 5) is 8.04. The number of hydrogen-bond acceptors (Lipinski definition) is 3. The summed E-state index contributed by atoms with van der Waals surface area (Å²) in [5, 5.41) is 0.658. The van der Waals surface area contributed by atoms with E-state index in [1.54, 1.807) is 18.6 Å². The summed E-state index contributed by atoms with van der Waals surface area (Å²) in [6, 6.07) is 3.84. The standard InChI is InChI=1S/C12H12ClN3/c1-8-2-5-16-12(14)10(8)6-9-3-4-15-7-11(9)13/h2-5,7H,6H2,1H3,(H2,14,16). The SMILES string of the molecule is Cc1ccnc(N)c1Cc1ccncc1Cl. The van der Waals surface area contributed by atoms with Gasteiger partial charge in [-0.25, -0.2) is 4.98 Å². The number of aryl methyl sites for hydroxylation is 1. The van der Waals surface area contributed by atoms with Crippen molar-refractivity contribution in [3.8, 4) is 0 Å². The zero-order valence-corrected chi connectivity index (χ0v) is 9.70. The highest BCUT2D eigenvalue weighted by atomic mass is 35.5. The molecule has 2 aromatic heterocycles. The zero-order valence-electron chi connectivity index (χ0n) is 8.94. The Morgan fingerprint density at radius 1 is 1.31 bits per heavy atom. The fourth-order valence-corrected chi connectivity index (χ4v) is 1.76. The Morgan fingerprint density at radius 3 is 2.81 bits per heavy atom. The molecular weight excluding hydrogens is 222 g/mol. The molecule has 0 atom stereocenters. The second-order valence-corrected chi connectivity index (χ2v) is 4.04. The van der Waals surface area contributed by atoms with Gasteiger partial charge in [0, 0.05) is 30.6 Å². The third-order valence-electron chi connectivity index (χ3n) is 2.55. The Labute approximate surface area is 99.3 Å². The van der Waals surface area contributed by atoms with Crippen molar-refractivity contribution in [1.29, 1.82) is 0 Å². The van der Waals surface area contributed by atoms with Crippen LogP contribution in [0.1, 0.15) is 16.7 Å². The normalized spacial score (nSPS) is 10.4. The van der Waals surface area contributed by atoms with E-state index < -0.39 is 0 Å². The lowest BCUT2D eigenvalue weighted by Gasteiger charge is -2.09. The molecule has 2 heterocycles. The van der Waals surface area contributed by atoms with Gasteiger partial charge >= 0.3 is 0 Å².